The summed E-state index contributed by atoms with van der Waals surface area (Å²) in [6, 6.07) is 11.6. The highest BCUT2D eigenvalue weighted by molar-refractivity contribution is 7.98. The van der Waals surface area contributed by atoms with Crippen LogP contribution < -0.4 is 0 Å². The van der Waals surface area contributed by atoms with Gasteiger partial charge in [-0.1, -0.05) is 30.0 Å². The lowest BCUT2D eigenvalue weighted by atomic mass is 10.3. The Kier molecular flexibility index (Phi) is 5.01. The molecule has 0 bridgehead atoms. The fraction of sp³-hybridized carbons (Fsp3) is 0.267. The second-order valence-electron chi connectivity index (χ2n) is 4.28. The molecule has 1 aromatic carbocycles. The predicted octanol–water partition coefficient (Wildman–Crippen LogP) is 2.58. The Bertz CT molecular complexity index is 660. The Balaban J connectivity index is 2.48. The van der Waals surface area contributed by atoms with Crippen LogP contribution in [-0.4, -0.2) is 39.7 Å². The molecule has 1 amide bonds. The molecule has 21 heavy (non-hydrogen) atoms. The van der Waals surface area contributed by atoms with Crippen LogP contribution in [0.5, 0.6) is 0 Å². The molecule has 0 saturated heterocycles. The monoisotopic (exact) mass is 300 g/mol. The molecule has 0 radical (unpaired) electrons. The number of rotatable bonds is 5. The van der Waals surface area contributed by atoms with Crippen LogP contribution >= 0.6 is 11.8 Å². The minimum atomic E-state index is -0.185. The number of thioether (sulfide) groups is 1. The van der Waals surface area contributed by atoms with E-state index in [1.807, 2.05) is 54.1 Å². The molecule has 6 heteroatoms. The van der Waals surface area contributed by atoms with Crippen molar-refractivity contribution in [2.24, 2.45) is 0 Å². The van der Waals surface area contributed by atoms with E-state index in [4.69, 9.17) is 5.26 Å². The first-order valence-corrected chi connectivity index (χ1v) is 7.78. The van der Waals surface area contributed by atoms with E-state index < -0.39 is 0 Å². The first-order chi connectivity index (χ1) is 10.2. The number of nitrogens with zero attached hydrogens (tertiary/aromatic N) is 4. The topological polar surface area (TPSA) is 61.9 Å². The Labute approximate surface area is 128 Å². The van der Waals surface area contributed by atoms with Crippen molar-refractivity contribution >= 4 is 17.7 Å². The summed E-state index contributed by atoms with van der Waals surface area (Å²) in [4.78, 5) is 18.4. The lowest BCUT2D eigenvalue weighted by molar-refractivity contribution is 0.0775. The summed E-state index contributed by atoms with van der Waals surface area (Å²) in [6.07, 6.45) is 3.49. The van der Waals surface area contributed by atoms with Crippen molar-refractivity contribution < 1.29 is 4.79 Å². The molecule has 0 unspecified atom stereocenters. The molecule has 1 heterocycles. The minimum Gasteiger partial charge on any atom is -0.324 e. The standard InChI is InChI=1S/C15H16N4OS/c1-3-18(10-9-16)14(20)13-11-17-15(21-2)19(13)12-7-5-4-6-8-12/h4-8,11H,3,10H2,1-2H3. The van der Waals surface area contributed by atoms with E-state index >= 15 is 0 Å². The van der Waals surface area contributed by atoms with Gasteiger partial charge in [-0.05, 0) is 25.3 Å². The molecule has 2 aromatic rings. The van der Waals surface area contributed by atoms with Crippen LogP contribution in [0.4, 0.5) is 0 Å². The molecule has 2 rings (SSSR count). The van der Waals surface area contributed by atoms with Gasteiger partial charge in [0.2, 0.25) is 0 Å². The number of amides is 1. The van der Waals surface area contributed by atoms with Crippen LogP contribution in [0.2, 0.25) is 0 Å². The minimum absolute atomic E-state index is 0.0733. The first kappa shape index (κ1) is 15.1. The van der Waals surface area contributed by atoms with Crippen molar-refractivity contribution in [3.63, 3.8) is 0 Å². The summed E-state index contributed by atoms with van der Waals surface area (Å²) >= 11 is 1.48. The Morgan fingerprint density at radius 3 is 2.71 bits per heavy atom. The highest BCUT2D eigenvalue weighted by Crippen LogP contribution is 2.22. The highest BCUT2D eigenvalue weighted by Gasteiger charge is 2.21. The molecule has 0 saturated carbocycles. The molecule has 0 aliphatic heterocycles. The number of hydrogen-bond acceptors (Lipinski definition) is 4. The van der Waals surface area contributed by atoms with Crippen molar-refractivity contribution in [2.75, 3.05) is 19.3 Å². The molecule has 0 N–H and O–H groups in total. The van der Waals surface area contributed by atoms with E-state index in [2.05, 4.69) is 4.98 Å². The second kappa shape index (κ2) is 6.95. The van der Waals surface area contributed by atoms with Crippen molar-refractivity contribution in [3.8, 4) is 11.8 Å². The zero-order valence-electron chi connectivity index (χ0n) is 12.0. The molecule has 0 atom stereocenters. The third-order valence-corrected chi connectivity index (χ3v) is 3.73. The number of aromatic nitrogens is 2. The maximum Gasteiger partial charge on any atom is 0.273 e. The third kappa shape index (κ3) is 3.09. The predicted molar refractivity (Wildman–Crippen MR) is 82.5 cm³/mol. The third-order valence-electron chi connectivity index (χ3n) is 3.08. The van der Waals surface area contributed by atoms with Gasteiger partial charge in [-0.25, -0.2) is 4.98 Å². The molecule has 108 valence electrons. The van der Waals surface area contributed by atoms with E-state index in [9.17, 15) is 4.79 Å². The van der Waals surface area contributed by atoms with Gasteiger partial charge >= 0.3 is 0 Å². The number of hydrogen-bond donors (Lipinski definition) is 0. The maximum absolute atomic E-state index is 12.6. The fourth-order valence-corrected chi connectivity index (χ4v) is 2.58. The maximum atomic E-state index is 12.6. The van der Waals surface area contributed by atoms with Crippen LogP contribution in [0.25, 0.3) is 5.69 Å². The molecular weight excluding hydrogens is 284 g/mol. The summed E-state index contributed by atoms with van der Waals surface area (Å²) in [7, 11) is 0. The fourth-order valence-electron chi connectivity index (χ4n) is 2.03. The lowest BCUT2D eigenvalue weighted by Crippen LogP contribution is -2.32. The zero-order valence-corrected chi connectivity index (χ0v) is 12.8. The smallest absolute Gasteiger partial charge is 0.273 e. The number of para-hydroxylation sites is 1. The Morgan fingerprint density at radius 1 is 1.43 bits per heavy atom. The normalized spacial score (nSPS) is 10.1. The van der Waals surface area contributed by atoms with Gasteiger partial charge in [-0.2, -0.15) is 5.26 Å². The summed E-state index contributed by atoms with van der Waals surface area (Å²) in [5.41, 5.74) is 1.36. The van der Waals surface area contributed by atoms with Crippen molar-refractivity contribution in [1.29, 1.82) is 5.26 Å². The second-order valence-corrected chi connectivity index (χ2v) is 5.05. The van der Waals surface area contributed by atoms with Crippen LogP contribution in [0.3, 0.4) is 0 Å². The van der Waals surface area contributed by atoms with Crippen LogP contribution in [0.1, 0.15) is 17.4 Å². The van der Waals surface area contributed by atoms with E-state index in [0.29, 0.717) is 12.2 Å². The molecule has 0 aliphatic carbocycles. The van der Waals surface area contributed by atoms with Gasteiger partial charge in [0.25, 0.3) is 5.91 Å². The summed E-state index contributed by atoms with van der Waals surface area (Å²) < 4.78 is 1.83. The number of carbonyl (C=O) groups is 1. The number of nitriles is 1. The first-order valence-electron chi connectivity index (χ1n) is 6.56. The van der Waals surface area contributed by atoms with Gasteiger partial charge in [-0.3, -0.25) is 9.36 Å². The van der Waals surface area contributed by atoms with Gasteiger partial charge in [-0.15, -0.1) is 0 Å². The molecular formula is C15H16N4OS. The number of imidazole rings is 1. The Morgan fingerprint density at radius 2 is 2.14 bits per heavy atom. The van der Waals surface area contributed by atoms with Gasteiger partial charge in [0, 0.05) is 12.2 Å². The van der Waals surface area contributed by atoms with Crippen molar-refractivity contribution in [1.82, 2.24) is 14.5 Å². The van der Waals surface area contributed by atoms with E-state index in [-0.39, 0.29) is 12.5 Å². The zero-order chi connectivity index (χ0) is 15.2. The van der Waals surface area contributed by atoms with E-state index in [1.54, 1.807) is 6.20 Å². The molecule has 1 aromatic heterocycles. The van der Waals surface area contributed by atoms with Crippen molar-refractivity contribution in [3.05, 3.63) is 42.2 Å². The van der Waals surface area contributed by atoms with Crippen LogP contribution in [-0.2, 0) is 0 Å². The van der Waals surface area contributed by atoms with Gasteiger partial charge < -0.3 is 4.90 Å². The van der Waals surface area contributed by atoms with Crippen LogP contribution in [0.15, 0.2) is 41.7 Å². The summed E-state index contributed by atoms with van der Waals surface area (Å²) in [6.45, 7) is 2.42. The van der Waals surface area contributed by atoms with Gasteiger partial charge in [0.15, 0.2) is 5.16 Å². The van der Waals surface area contributed by atoms with E-state index in [0.717, 1.165) is 10.8 Å². The summed E-state index contributed by atoms with van der Waals surface area (Å²) in [5, 5.41) is 9.58. The van der Waals surface area contributed by atoms with Gasteiger partial charge in [0.05, 0.1) is 12.3 Å². The van der Waals surface area contributed by atoms with Gasteiger partial charge in [0.1, 0.15) is 12.2 Å². The Hall–Kier alpha value is -2.26. The SMILES string of the molecule is CCN(CC#N)C(=O)c1cnc(SC)n1-c1ccccc1. The number of carbonyl (C=O) groups excluding carboxylic acids is 1. The van der Waals surface area contributed by atoms with Crippen LogP contribution in [0, 0.1) is 11.3 Å². The summed E-state index contributed by atoms with van der Waals surface area (Å²) in [5.74, 6) is -0.185. The molecule has 0 spiro atoms. The quantitative estimate of drug-likeness (QED) is 0.629. The molecule has 0 aliphatic rings. The van der Waals surface area contributed by atoms with E-state index in [1.165, 1.54) is 16.7 Å². The highest BCUT2D eigenvalue weighted by atomic mass is 32.2. The lowest BCUT2D eigenvalue weighted by Gasteiger charge is -2.18. The number of benzene rings is 1. The largest absolute Gasteiger partial charge is 0.324 e. The average molecular weight is 300 g/mol. The average Bonchev–Trinajstić information content (AvgIpc) is 2.96. The van der Waals surface area contributed by atoms with Crippen molar-refractivity contribution in [2.45, 2.75) is 12.1 Å². The molecule has 5 nitrogen and oxygen atoms in total. The molecule has 0 fully saturated rings.